The zero-order valence-electron chi connectivity index (χ0n) is 10.6. The number of hydrogen-bond donors (Lipinski definition) is 2. The molecule has 1 heterocycles. The third kappa shape index (κ3) is 3.03. The lowest BCUT2D eigenvalue weighted by molar-refractivity contribution is 0.112. The Kier molecular flexibility index (Phi) is 4.65. The molecule has 4 nitrogen and oxygen atoms in total. The predicted molar refractivity (Wildman–Crippen MR) is 73.6 cm³/mol. The van der Waals surface area contributed by atoms with E-state index in [4.69, 9.17) is 0 Å². The highest BCUT2D eigenvalue weighted by molar-refractivity contribution is 9.10. The van der Waals surface area contributed by atoms with Gasteiger partial charge < -0.3 is 10.4 Å². The number of rotatable bonds is 4. The number of benzene rings is 1. The quantitative estimate of drug-likeness (QED) is 0.472. The molecule has 2 N–H and O–H groups in total. The van der Waals surface area contributed by atoms with Crippen molar-refractivity contribution in [1.29, 1.82) is 0 Å². The van der Waals surface area contributed by atoms with E-state index in [-0.39, 0.29) is 16.3 Å². The zero-order chi connectivity index (χ0) is 16.4. The summed E-state index contributed by atoms with van der Waals surface area (Å²) in [6, 6.07) is 1.76. The van der Waals surface area contributed by atoms with Crippen LogP contribution in [-0.2, 0) is 0 Å². The molecule has 0 unspecified atom stereocenters. The zero-order valence-corrected chi connectivity index (χ0v) is 12.2. The van der Waals surface area contributed by atoms with Gasteiger partial charge in [-0.15, -0.1) is 0 Å². The SMILES string of the molecule is O=Cc1cc(Br)c(F)c(F)c1Nc1ncc(C(F)F)cc1O. The molecule has 0 spiro atoms. The Balaban J connectivity index is 2.47. The molecule has 0 aliphatic rings. The van der Waals surface area contributed by atoms with Crippen molar-refractivity contribution in [2.75, 3.05) is 5.32 Å². The van der Waals surface area contributed by atoms with Crippen molar-refractivity contribution in [3.8, 4) is 5.75 Å². The van der Waals surface area contributed by atoms with Gasteiger partial charge in [0, 0.05) is 17.3 Å². The van der Waals surface area contributed by atoms with Crippen molar-refractivity contribution in [2.24, 2.45) is 0 Å². The van der Waals surface area contributed by atoms with Crippen molar-refractivity contribution >= 4 is 33.7 Å². The van der Waals surface area contributed by atoms with Gasteiger partial charge in [-0.3, -0.25) is 4.79 Å². The first-order valence-electron chi connectivity index (χ1n) is 5.72. The molecule has 0 aliphatic carbocycles. The van der Waals surface area contributed by atoms with Gasteiger partial charge in [-0.05, 0) is 28.1 Å². The van der Waals surface area contributed by atoms with Crippen molar-refractivity contribution in [3.05, 3.63) is 45.6 Å². The van der Waals surface area contributed by atoms with Gasteiger partial charge in [0.1, 0.15) is 0 Å². The molecule has 0 saturated carbocycles. The maximum atomic E-state index is 13.9. The van der Waals surface area contributed by atoms with Crippen molar-refractivity contribution in [2.45, 2.75) is 6.43 Å². The third-order valence-electron chi connectivity index (χ3n) is 2.70. The second-order valence-corrected chi connectivity index (χ2v) is 4.98. The number of hydrogen-bond acceptors (Lipinski definition) is 4. The van der Waals surface area contributed by atoms with Crippen LogP contribution in [0.4, 0.5) is 29.1 Å². The van der Waals surface area contributed by atoms with Crippen LogP contribution in [0.25, 0.3) is 0 Å². The summed E-state index contributed by atoms with van der Waals surface area (Å²) in [5, 5.41) is 11.8. The van der Waals surface area contributed by atoms with Crippen molar-refractivity contribution in [1.82, 2.24) is 4.98 Å². The molecule has 22 heavy (non-hydrogen) atoms. The monoisotopic (exact) mass is 378 g/mol. The fourth-order valence-corrected chi connectivity index (χ4v) is 2.06. The molecule has 0 atom stereocenters. The molecule has 9 heteroatoms. The lowest BCUT2D eigenvalue weighted by Crippen LogP contribution is -2.04. The van der Waals surface area contributed by atoms with Gasteiger partial charge >= 0.3 is 0 Å². The van der Waals surface area contributed by atoms with E-state index in [0.29, 0.717) is 0 Å². The van der Waals surface area contributed by atoms with Crippen LogP contribution in [0.5, 0.6) is 5.75 Å². The maximum Gasteiger partial charge on any atom is 0.265 e. The Morgan fingerprint density at radius 3 is 2.50 bits per heavy atom. The van der Waals surface area contributed by atoms with E-state index >= 15 is 0 Å². The molecular weight excluding hydrogens is 372 g/mol. The maximum absolute atomic E-state index is 13.9. The highest BCUT2D eigenvalue weighted by Crippen LogP contribution is 2.33. The van der Waals surface area contributed by atoms with E-state index < -0.39 is 40.9 Å². The summed E-state index contributed by atoms with van der Waals surface area (Å²) in [6.07, 6.45) is -1.82. The molecule has 2 aromatic rings. The smallest absolute Gasteiger partial charge is 0.265 e. The van der Waals surface area contributed by atoms with Crippen LogP contribution in [-0.4, -0.2) is 16.4 Å². The molecule has 0 fully saturated rings. The number of halogens is 5. The van der Waals surface area contributed by atoms with Crippen LogP contribution in [0.1, 0.15) is 22.3 Å². The second-order valence-electron chi connectivity index (χ2n) is 4.13. The number of nitrogens with zero attached hydrogens (tertiary/aromatic N) is 1. The van der Waals surface area contributed by atoms with E-state index in [9.17, 15) is 27.5 Å². The summed E-state index contributed by atoms with van der Waals surface area (Å²) in [6.45, 7) is 0. The Labute approximate surface area is 129 Å². The normalized spacial score (nSPS) is 10.8. The average molecular weight is 379 g/mol. The van der Waals surface area contributed by atoms with Gasteiger partial charge in [-0.1, -0.05) is 0 Å². The van der Waals surface area contributed by atoms with E-state index in [2.05, 4.69) is 26.2 Å². The molecule has 1 aromatic heterocycles. The van der Waals surface area contributed by atoms with Gasteiger partial charge in [0.25, 0.3) is 6.43 Å². The molecule has 2 rings (SSSR count). The van der Waals surface area contributed by atoms with Crippen LogP contribution in [0.3, 0.4) is 0 Å². The van der Waals surface area contributed by atoms with Crippen LogP contribution < -0.4 is 5.32 Å². The molecular formula is C13H7BrF4N2O2. The number of aldehydes is 1. The van der Waals surface area contributed by atoms with E-state index in [1.165, 1.54) is 0 Å². The minimum Gasteiger partial charge on any atom is -0.504 e. The van der Waals surface area contributed by atoms with Crippen LogP contribution in [0.2, 0.25) is 0 Å². The lowest BCUT2D eigenvalue weighted by atomic mass is 10.1. The van der Waals surface area contributed by atoms with Gasteiger partial charge in [0.2, 0.25) is 0 Å². The molecule has 0 radical (unpaired) electrons. The molecule has 0 bridgehead atoms. The molecule has 1 aromatic carbocycles. The Morgan fingerprint density at radius 1 is 1.27 bits per heavy atom. The van der Waals surface area contributed by atoms with Gasteiger partial charge in [-0.2, -0.15) is 0 Å². The fourth-order valence-electron chi connectivity index (χ4n) is 1.64. The third-order valence-corrected chi connectivity index (χ3v) is 3.28. The number of aromatic hydroxyl groups is 1. The summed E-state index contributed by atoms with van der Waals surface area (Å²) in [5.41, 5.74) is -1.35. The Bertz CT molecular complexity index is 740. The summed E-state index contributed by atoms with van der Waals surface area (Å²) in [5.74, 6) is -3.72. The van der Waals surface area contributed by atoms with Crippen LogP contribution >= 0.6 is 15.9 Å². The average Bonchev–Trinajstić information content (AvgIpc) is 2.48. The first kappa shape index (κ1) is 16.2. The number of pyridine rings is 1. The lowest BCUT2D eigenvalue weighted by Gasteiger charge is -2.12. The molecule has 0 amide bonds. The number of anilines is 2. The van der Waals surface area contributed by atoms with E-state index in [0.717, 1.165) is 18.3 Å². The predicted octanol–water partition coefficient (Wildman–Crippen LogP) is 4.32. The fraction of sp³-hybridized carbons (Fsp3) is 0.0769. The van der Waals surface area contributed by atoms with Crippen molar-refractivity contribution < 1.29 is 27.5 Å². The molecule has 0 saturated heterocycles. The van der Waals surface area contributed by atoms with Gasteiger partial charge in [0.15, 0.2) is 29.5 Å². The minimum absolute atomic E-state index is 0.245. The Morgan fingerprint density at radius 2 is 1.95 bits per heavy atom. The topological polar surface area (TPSA) is 62.2 Å². The first-order valence-corrected chi connectivity index (χ1v) is 6.51. The summed E-state index contributed by atoms with van der Waals surface area (Å²) < 4.78 is 52.0. The molecule has 116 valence electrons. The van der Waals surface area contributed by atoms with E-state index in [1.807, 2.05) is 0 Å². The number of aromatic nitrogens is 1. The van der Waals surface area contributed by atoms with Gasteiger partial charge in [0.05, 0.1) is 10.2 Å². The standard InChI is InChI=1S/C13H7BrF4N2O2/c14-7-1-6(4-21)11(10(16)9(7)15)20-13-8(22)2-5(3-19-13)12(17)18/h1-4,12,22H,(H,19,20). The summed E-state index contributed by atoms with van der Waals surface area (Å²) >= 11 is 2.75. The van der Waals surface area contributed by atoms with Crippen molar-refractivity contribution in [3.63, 3.8) is 0 Å². The first-order chi connectivity index (χ1) is 10.3. The highest BCUT2D eigenvalue weighted by atomic mass is 79.9. The second kappa shape index (κ2) is 6.30. The largest absolute Gasteiger partial charge is 0.504 e. The summed E-state index contributed by atoms with van der Waals surface area (Å²) in [7, 11) is 0. The number of nitrogens with one attached hydrogen (secondary N) is 1. The minimum atomic E-state index is -2.85. The van der Waals surface area contributed by atoms with Crippen LogP contribution in [0, 0.1) is 11.6 Å². The highest BCUT2D eigenvalue weighted by Gasteiger charge is 2.19. The number of carbonyl (C=O) groups is 1. The van der Waals surface area contributed by atoms with Crippen LogP contribution in [0.15, 0.2) is 22.8 Å². The van der Waals surface area contributed by atoms with E-state index in [1.54, 1.807) is 0 Å². The number of alkyl halides is 2. The summed E-state index contributed by atoms with van der Waals surface area (Å²) in [4.78, 5) is 14.4. The Hall–Kier alpha value is -2.16. The van der Waals surface area contributed by atoms with Gasteiger partial charge in [-0.25, -0.2) is 22.5 Å². The number of carbonyl (C=O) groups excluding carboxylic acids is 1. The molecule has 0 aliphatic heterocycles.